The molecule has 1 N–H and O–H groups in total. The van der Waals surface area contributed by atoms with Crippen molar-refractivity contribution in [1.29, 1.82) is 0 Å². The largest absolute Gasteiger partial charge is 0.383 e. The van der Waals surface area contributed by atoms with Gasteiger partial charge in [-0.25, -0.2) is 4.68 Å². The Morgan fingerprint density at radius 3 is 2.49 bits per heavy atom. The van der Waals surface area contributed by atoms with Crippen LogP contribution < -0.4 is 10.2 Å². The van der Waals surface area contributed by atoms with Gasteiger partial charge in [-0.2, -0.15) is 0 Å². The molecule has 0 fully saturated rings. The number of ether oxygens (including phenoxy) is 1. The van der Waals surface area contributed by atoms with Gasteiger partial charge < -0.3 is 10.1 Å². The number of pyridine rings is 1. The number of nitrogens with one attached hydrogen (secondary N) is 1. The molecule has 35 heavy (non-hydrogen) atoms. The summed E-state index contributed by atoms with van der Waals surface area (Å²) in [6, 6.07) is 15.8. The van der Waals surface area contributed by atoms with Crippen LogP contribution in [-0.2, 0) is 20.9 Å². The summed E-state index contributed by atoms with van der Waals surface area (Å²) >= 11 is 0. The maximum atomic E-state index is 13.9. The molecule has 180 valence electrons. The highest BCUT2D eigenvalue weighted by Gasteiger charge is 2.33. The molecule has 1 unspecified atom stereocenters. The second-order valence-corrected chi connectivity index (χ2v) is 8.31. The van der Waals surface area contributed by atoms with Gasteiger partial charge in [0, 0.05) is 31.7 Å². The van der Waals surface area contributed by atoms with E-state index in [0.717, 1.165) is 16.6 Å². The van der Waals surface area contributed by atoms with E-state index in [9.17, 15) is 9.59 Å². The van der Waals surface area contributed by atoms with Crippen molar-refractivity contribution in [3.05, 3.63) is 83.7 Å². The van der Waals surface area contributed by atoms with Crippen molar-refractivity contribution in [1.82, 2.24) is 25.3 Å². The number of carbonyl (C=O) groups excluding carboxylic acids is 2. The van der Waals surface area contributed by atoms with E-state index in [0.29, 0.717) is 29.9 Å². The fourth-order valence-corrected chi connectivity index (χ4v) is 4.10. The third-order valence-electron chi connectivity index (χ3n) is 5.59. The molecule has 0 aliphatic carbocycles. The smallest absolute Gasteiger partial charge is 0.249 e. The van der Waals surface area contributed by atoms with Crippen molar-refractivity contribution in [2.45, 2.75) is 26.4 Å². The first-order chi connectivity index (χ1) is 17.0. The van der Waals surface area contributed by atoms with Crippen LogP contribution in [0.4, 0.5) is 5.69 Å². The molecule has 1 atom stereocenters. The normalized spacial score (nSPS) is 11.9. The van der Waals surface area contributed by atoms with E-state index in [1.54, 1.807) is 36.3 Å². The van der Waals surface area contributed by atoms with Crippen LogP contribution in [0.25, 0.3) is 11.0 Å². The third kappa shape index (κ3) is 5.52. The molecule has 0 radical (unpaired) electrons. The van der Waals surface area contributed by atoms with Gasteiger partial charge in [0.1, 0.15) is 18.1 Å². The number of nitrogens with zero attached hydrogens (tertiary/aromatic N) is 5. The lowest BCUT2D eigenvalue weighted by molar-refractivity contribution is -0.127. The monoisotopic (exact) mass is 472 g/mol. The minimum atomic E-state index is -0.918. The van der Waals surface area contributed by atoms with Gasteiger partial charge in [-0.1, -0.05) is 23.4 Å². The fourth-order valence-electron chi connectivity index (χ4n) is 4.10. The highest BCUT2D eigenvalue weighted by Crippen LogP contribution is 2.30. The van der Waals surface area contributed by atoms with Crippen molar-refractivity contribution >= 4 is 28.5 Å². The highest BCUT2D eigenvalue weighted by atomic mass is 16.5. The van der Waals surface area contributed by atoms with Crippen molar-refractivity contribution in [3.8, 4) is 0 Å². The van der Waals surface area contributed by atoms with Crippen LogP contribution in [0.5, 0.6) is 0 Å². The Hall–Kier alpha value is -4.11. The third-order valence-corrected chi connectivity index (χ3v) is 5.59. The van der Waals surface area contributed by atoms with Crippen molar-refractivity contribution in [3.63, 3.8) is 0 Å². The van der Waals surface area contributed by atoms with Crippen molar-refractivity contribution in [2.75, 3.05) is 25.2 Å². The average molecular weight is 473 g/mol. The zero-order valence-corrected chi connectivity index (χ0v) is 20.0. The van der Waals surface area contributed by atoms with Gasteiger partial charge in [-0.3, -0.25) is 19.5 Å². The second-order valence-electron chi connectivity index (χ2n) is 8.31. The Labute approximate surface area is 203 Å². The quantitative estimate of drug-likeness (QED) is 0.376. The standard InChI is InChI=1S/C26H28N6O3/c1-18-14-19(2)16-21(15-18)32(24(33)17-31-23-7-5-4-6-22(23)29-30-31)25(20-8-10-27-11-9-20)26(34)28-12-13-35-3/h4-11,14-16,25H,12-13,17H2,1-3H3,(H,28,34). The van der Waals surface area contributed by atoms with Crippen LogP contribution in [0.15, 0.2) is 67.0 Å². The minimum absolute atomic E-state index is 0.0829. The number of carbonyl (C=O) groups is 2. The summed E-state index contributed by atoms with van der Waals surface area (Å²) < 4.78 is 6.64. The Morgan fingerprint density at radius 1 is 1.06 bits per heavy atom. The van der Waals surface area contributed by atoms with E-state index in [2.05, 4.69) is 20.6 Å². The molecule has 0 saturated heterocycles. The number of methoxy groups -OCH3 is 1. The number of aryl methyl sites for hydroxylation is 2. The number of benzene rings is 2. The molecule has 2 aromatic carbocycles. The maximum Gasteiger partial charge on any atom is 0.249 e. The molecule has 0 bridgehead atoms. The van der Waals surface area contributed by atoms with Crippen LogP contribution in [0.2, 0.25) is 0 Å². The fraction of sp³-hybridized carbons (Fsp3) is 0.269. The summed E-state index contributed by atoms with van der Waals surface area (Å²) in [5.41, 5.74) is 4.67. The number of aromatic nitrogens is 4. The van der Waals surface area contributed by atoms with E-state index in [1.165, 1.54) is 4.90 Å². The zero-order chi connectivity index (χ0) is 24.8. The molecule has 4 aromatic rings. The lowest BCUT2D eigenvalue weighted by Gasteiger charge is -2.32. The van der Waals surface area contributed by atoms with Crippen LogP contribution in [0, 0.1) is 13.8 Å². The molecule has 9 nitrogen and oxygen atoms in total. The highest BCUT2D eigenvalue weighted by molar-refractivity contribution is 6.01. The summed E-state index contributed by atoms with van der Waals surface area (Å²) in [5.74, 6) is -0.612. The van der Waals surface area contributed by atoms with Gasteiger partial charge in [0.2, 0.25) is 11.8 Å². The Bertz CT molecular complexity index is 1300. The molecule has 2 aromatic heterocycles. The predicted octanol–water partition coefficient (Wildman–Crippen LogP) is 2.98. The molecule has 2 heterocycles. The summed E-state index contributed by atoms with van der Waals surface area (Å²) in [7, 11) is 1.57. The number of fused-ring (bicyclic) bond motifs is 1. The SMILES string of the molecule is COCCNC(=O)C(c1ccncc1)N(C(=O)Cn1nnc2ccccc21)c1cc(C)cc(C)c1. The van der Waals surface area contributed by atoms with Gasteiger partial charge in [0.25, 0.3) is 0 Å². The molecule has 0 aliphatic heterocycles. The van der Waals surface area contributed by atoms with Crippen molar-refractivity contribution in [2.24, 2.45) is 0 Å². The lowest BCUT2D eigenvalue weighted by atomic mass is 10.0. The molecule has 0 saturated carbocycles. The molecule has 9 heteroatoms. The van der Waals surface area contributed by atoms with Gasteiger partial charge in [0.15, 0.2) is 0 Å². The molecular formula is C26H28N6O3. The minimum Gasteiger partial charge on any atom is -0.383 e. The van der Waals surface area contributed by atoms with E-state index >= 15 is 0 Å². The first-order valence-electron chi connectivity index (χ1n) is 11.3. The number of hydrogen-bond acceptors (Lipinski definition) is 6. The summed E-state index contributed by atoms with van der Waals surface area (Å²) in [6.45, 7) is 4.52. The number of rotatable bonds is 9. The van der Waals surface area contributed by atoms with E-state index in [4.69, 9.17) is 4.74 Å². The first-order valence-corrected chi connectivity index (χ1v) is 11.3. The molecule has 0 aliphatic rings. The van der Waals surface area contributed by atoms with Gasteiger partial charge in [-0.05, 0) is 66.9 Å². The number of para-hydroxylation sites is 1. The Kier molecular flexibility index (Phi) is 7.47. The molecule has 4 rings (SSSR count). The number of amides is 2. The van der Waals surface area contributed by atoms with Crippen molar-refractivity contribution < 1.29 is 14.3 Å². The maximum absolute atomic E-state index is 13.9. The van der Waals surface area contributed by atoms with Gasteiger partial charge in [-0.15, -0.1) is 5.10 Å². The number of hydrogen-bond donors (Lipinski definition) is 1. The topological polar surface area (TPSA) is 102 Å². The molecule has 2 amide bonds. The van der Waals surface area contributed by atoms with Crippen LogP contribution >= 0.6 is 0 Å². The molecular weight excluding hydrogens is 444 g/mol. The second kappa shape index (κ2) is 10.9. The van der Waals surface area contributed by atoms with Gasteiger partial charge >= 0.3 is 0 Å². The number of anilines is 1. The Balaban J connectivity index is 1.79. The lowest BCUT2D eigenvalue weighted by Crippen LogP contribution is -2.46. The van der Waals surface area contributed by atoms with Crippen LogP contribution in [0.1, 0.15) is 22.7 Å². The first kappa shape index (κ1) is 24.0. The van der Waals surface area contributed by atoms with E-state index in [-0.39, 0.29) is 18.4 Å². The summed E-state index contributed by atoms with van der Waals surface area (Å²) in [4.78, 5) is 33.1. The summed E-state index contributed by atoms with van der Waals surface area (Å²) in [5, 5.41) is 11.2. The van der Waals surface area contributed by atoms with Crippen LogP contribution in [-0.4, -0.2) is 52.1 Å². The van der Waals surface area contributed by atoms with E-state index in [1.807, 2.05) is 56.3 Å². The zero-order valence-electron chi connectivity index (χ0n) is 20.0. The van der Waals surface area contributed by atoms with Gasteiger partial charge in [0.05, 0.1) is 12.1 Å². The van der Waals surface area contributed by atoms with E-state index < -0.39 is 6.04 Å². The predicted molar refractivity (Wildman–Crippen MR) is 133 cm³/mol. The van der Waals surface area contributed by atoms with Crippen LogP contribution in [0.3, 0.4) is 0 Å². The molecule has 0 spiro atoms. The average Bonchev–Trinajstić information content (AvgIpc) is 3.25. The summed E-state index contributed by atoms with van der Waals surface area (Å²) in [6.07, 6.45) is 3.22. The Morgan fingerprint density at radius 2 is 1.77 bits per heavy atom.